The molecule has 0 saturated carbocycles. The number of hydrogen-bond acceptors (Lipinski definition) is 6. The largest absolute Gasteiger partial charge is 0.504 e. The first kappa shape index (κ1) is 24.1. The summed E-state index contributed by atoms with van der Waals surface area (Å²) in [6.07, 6.45) is 0.567. The van der Waals surface area contributed by atoms with E-state index in [1.54, 1.807) is 19.1 Å². The monoisotopic (exact) mass is 497 g/mol. The summed E-state index contributed by atoms with van der Waals surface area (Å²) in [6, 6.07) is 18.9. The normalized spacial score (nSPS) is 15.6. The van der Waals surface area contributed by atoms with Crippen molar-refractivity contribution < 1.29 is 24.5 Å². The summed E-state index contributed by atoms with van der Waals surface area (Å²) in [7, 11) is 0. The molecule has 37 heavy (non-hydrogen) atoms. The Balaban J connectivity index is 1.59. The van der Waals surface area contributed by atoms with Crippen LogP contribution in [0.1, 0.15) is 36.1 Å². The topological polar surface area (TPSA) is 116 Å². The van der Waals surface area contributed by atoms with Crippen LogP contribution in [0.2, 0.25) is 0 Å². The molecule has 1 aromatic heterocycles. The zero-order valence-corrected chi connectivity index (χ0v) is 20.6. The van der Waals surface area contributed by atoms with Crippen molar-refractivity contribution in [3.05, 3.63) is 94.8 Å². The minimum Gasteiger partial charge on any atom is -0.504 e. The van der Waals surface area contributed by atoms with E-state index in [2.05, 4.69) is 9.97 Å². The number of ketones is 1. The van der Waals surface area contributed by atoms with E-state index < -0.39 is 17.7 Å². The standard InChI is InChI=1S/C29H27N3O5/c1-3-37-24-16-19(11-14-22(24)33)26-25(23(34)13-10-18-7-5-4-6-8-18)27(35)28(36)32(26)29-30-20-12-9-17(2)15-21(20)31-29/h4-9,11-12,14-16,26,33,35H,3,10,13H2,1-2H3,(H,30,31). The number of aliphatic hydroxyl groups is 1. The van der Waals surface area contributed by atoms with Crippen LogP contribution in [-0.4, -0.2) is 38.5 Å². The van der Waals surface area contributed by atoms with Gasteiger partial charge in [-0.2, -0.15) is 0 Å². The van der Waals surface area contributed by atoms with E-state index in [1.165, 1.54) is 11.0 Å². The van der Waals surface area contributed by atoms with Crippen molar-refractivity contribution in [2.75, 3.05) is 11.5 Å². The molecule has 8 nitrogen and oxygen atoms in total. The molecule has 0 spiro atoms. The van der Waals surface area contributed by atoms with Crippen LogP contribution in [0, 0.1) is 6.92 Å². The van der Waals surface area contributed by atoms with Gasteiger partial charge in [-0.3, -0.25) is 14.5 Å². The Hall–Kier alpha value is -4.59. The lowest BCUT2D eigenvalue weighted by Crippen LogP contribution is -2.32. The number of fused-ring (bicyclic) bond motifs is 1. The Bertz CT molecular complexity index is 1520. The lowest BCUT2D eigenvalue weighted by atomic mass is 9.93. The van der Waals surface area contributed by atoms with Crippen LogP contribution in [0.4, 0.5) is 5.95 Å². The molecule has 4 aromatic rings. The Morgan fingerprint density at radius 3 is 2.62 bits per heavy atom. The number of aryl methyl sites for hydroxylation is 2. The fourth-order valence-corrected chi connectivity index (χ4v) is 4.66. The van der Waals surface area contributed by atoms with Crippen molar-refractivity contribution in [3.63, 3.8) is 0 Å². The number of aromatic nitrogens is 2. The van der Waals surface area contributed by atoms with Gasteiger partial charge in [-0.25, -0.2) is 4.98 Å². The van der Waals surface area contributed by atoms with Gasteiger partial charge in [0.05, 0.1) is 29.3 Å². The van der Waals surface area contributed by atoms with Crippen LogP contribution in [0.3, 0.4) is 0 Å². The second-order valence-electron chi connectivity index (χ2n) is 8.99. The van der Waals surface area contributed by atoms with Crippen LogP contribution in [-0.2, 0) is 16.0 Å². The van der Waals surface area contributed by atoms with E-state index in [4.69, 9.17) is 4.74 Å². The number of nitrogens with zero attached hydrogens (tertiary/aromatic N) is 2. The first-order valence-corrected chi connectivity index (χ1v) is 12.1. The summed E-state index contributed by atoms with van der Waals surface area (Å²) in [4.78, 5) is 36.0. The van der Waals surface area contributed by atoms with Crippen LogP contribution >= 0.6 is 0 Å². The van der Waals surface area contributed by atoms with Gasteiger partial charge in [-0.15, -0.1) is 0 Å². The molecule has 1 amide bonds. The molecule has 2 heterocycles. The molecule has 3 N–H and O–H groups in total. The lowest BCUT2D eigenvalue weighted by molar-refractivity contribution is -0.118. The quantitative estimate of drug-likeness (QED) is 0.313. The predicted molar refractivity (Wildman–Crippen MR) is 140 cm³/mol. The first-order chi connectivity index (χ1) is 17.9. The number of nitrogens with one attached hydrogen (secondary N) is 1. The number of amides is 1. The Labute approximate surface area is 213 Å². The molecule has 188 valence electrons. The summed E-state index contributed by atoms with van der Waals surface area (Å²) < 4.78 is 5.55. The van der Waals surface area contributed by atoms with Gasteiger partial charge < -0.3 is 19.9 Å². The molecular weight excluding hydrogens is 470 g/mol. The zero-order valence-electron chi connectivity index (χ0n) is 20.6. The maximum Gasteiger partial charge on any atom is 0.296 e. The van der Waals surface area contributed by atoms with Gasteiger partial charge in [0.1, 0.15) is 0 Å². The Morgan fingerprint density at radius 1 is 1.08 bits per heavy atom. The maximum absolute atomic E-state index is 13.5. The molecule has 0 fully saturated rings. The molecule has 1 aliphatic rings. The molecule has 1 aliphatic heterocycles. The number of aromatic amines is 1. The number of imidazole rings is 1. The number of rotatable bonds is 8. The molecule has 0 aliphatic carbocycles. The van der Waals surface area contributed by atoms with Crippen molar-refractivity contribution in [1.29, 1.82) is 0 Å². The van der Waals surface area contributed by atoms with E-state index in [-0.39, 0.29) is 35.2 Å². The molecular formula is C29H27N3O5. The smallest absolute Gasteiger partial charge is 0.296 e. The maximum atomic E-state index is 13.5. The van der Waals surface area contributed by atoms with E-state index in [1.807, 2.05) is 55.5 Å². The number of benzene rings is 3. The van der Waals surface area contributed by atoms with Crippen molar-refractivity contribution in [3.8, 4) is 11.5 Å². The highest BCUT2D eigenvalue weighted by molar-refractivity contribution is 6.16. The minimum atomic E-state index is -0.961. The van der Waals surface area contributed by atoms with Gasteiger partial charge in [0, 0.05) is 6.42 Å². The summed E-state index contributed by atoms with van der Waals surface area (Å²) in [5, 5.41) is 21.2. The molecule has 1 unspecified atom stereocenters. The highest BCUT2D eigenvalue weighted by Gasteiger charge is 2.45. The third-order valence-corrected chi connectivity index (χ3v) is 6.44. The molecule has 0 bridgehead atoms. The van der Waals surface area contributed by atoms with Crippen molar-refractivity contribution >= 4 is 28.7 Å². The Kier molecular flexibility index (Phi) is 6.40. The van der Waals surface area contributed by atoms with Gasteiger partial charge in [0.15, 0.2) is 23.0 Å². The van der Waals surface area contributed by atoms with E-state index in [0.29, 0.717) is 24.1 Å². The van der Waals surface area contributed by atoms with Crippen molar-refractivity contribution in [2.24, 2.45) is 0 Å². The Morgan fingerprint density at radius 2 is 1.86 bits per heavy atom. The highest BCUT2D eigenvalue weighted by atomic mass is 16.5. The summed E-state index contributed by atoms with van der Waals surface area (Å²) in [5.41, 5.74) is 3.86. The second-order valence-corrected chi connectivity index (χ2v) is 8.99. The number of carbonyl (C=O) groups is 2. The number of H-pyrrole nitrogens is 1. The van der Waals surface area contributed by atoms with Gasteiger partial charge in [-0.1, -0.05) is 42.5 Å². The fraction of sp³-hybridized carbons (Fsp3) is 0.207. The van der Waals surface area contributed by atoms with Gasteiger partial charge in [-0.05, 0) is 61.2 Å². The van der Waals surface area contributed by atoms with E-state index in [0.717, 1.165) is 16.6 Å². The van der Waals surface area contributed by atoms with Gasteiger partial charge >= 0.3 is 0 Å². The van der Waals surface area contributed by atoms with Gasteiger partial charge in [0.25, 0.3) is 5.91 Å². The van der Waals surface area contributed by atoms with E-state index in [9.17, 15) is 19.8 Å². The number of Topliss-reactive ketones (excluding diaryl/α,β-unsaturated/α-hetero) is 1. The second kappa shape index (κ2) is 9.81. The van der Waals surface area contributed by atoms with Crippen LogP contribution < -0.4 is 9.64 Å². The number of aromatic hydroxyl groups is 1. The SMILES string of the molecule is CCOc1cc(C2C(C(=O)CCc3ccccc3)=C(O)C(=O)N2c2nc3ccc(C)cc3[nH]2)ccc1O. The number of carbonyl (C=O) groups excluding carboxylic acids is 2. The number of phenolic OH excluding ortho intramolecular Hbond substituents is 1. The first-order valence-electron chi connectivity index (χ1n) is 12.1. The van der Waals surface area contributed by atoms with Crippen molar-refractivity contribution in [1.82, 2.24) is 9.97 Å². The minimum absolute atomic E-state index is 0.00861. The molecule has 8 heteroatoms. The fourth-order valence-electron chi connectivity index (χ4n) is 4.66. The predicted octanol–water partition coefficient (Wildman–Crippen LogP) is 5.08. The number of anilines is 1. The number of phenols is 1. The summed E-state index contributed by atoms with van der Waals surface area (Å²) >= 11 is 0. The lowest BCUT2D eigenvalue weighted by Gasteiger charge is -2.25. The third-order valence-electron chi connectivity index (χ3n) is 6.44. The summed E-state index contributed by atoms with van der Waals surface area (Å²) in [6.45, 7) is 4.06. The molecule has 0 radical (unpaired) electrons. The number of hydrogen-bond donors (Lipinski definition) is 3. The molecule has 1 atom stereocenters. The molecule has 3 aromatic carbocycles. The van der Waals surface area contributed by atoms with Crippen LogP contribution in [0.5, 0.6) is 11.5 Å². The number of ether oxygens (including phenoxy) is 1. The van der Waals surface area contributed by atoms with Crippen LogP contribution in [0.25, 0.3) is 11.0 Å². The average molecular weight is 498 g/mol. The zero-order chi connectivity index (χ0) is 26.1. The summed E-state index contributed by atoms with van der Waals surface area (Å²) in [5.74, 6) is -1.32. The van der Waals surface area contributed by atoms with Gasteiger partial charge in [0.2, 0.25) is 5.95 Å². The highest BCUT2D eigenvalue weighted by Crippen LogP contribution is 2.43. The number of aliphatic hydroxyl groups excluding tert-OH is 1. The molecule has 5 rings (SSSR count). The molecule has 0 saturated heterocycles. The average Bonchev–Trinajstić information content (AvgIpc) is 3.42. The third kappa shape index (κ3) is 4.53. The van der Waals surface area contributed by atoms with E-state index >= 15 is 0 Å². The van der Waals surface area contributed by atoms with Crippen LogP contribution in [0.15, 0.2) is 78.1 Å². The van der Waals surface area contributed by atoms with Crippen molar-refractivity contribution in [2.45, 2.75) is 32.7 Å².